The fraction of sp³-hybridized carbons (Fsp3) is 0.0417. The van der Waals surface area contributed by atoms with Gasteiger partial charge in [0.15, 0.2) is 0 Å². The molecule has 163 valence electrons. The number of halogens is 1. The molecular formula is C24H22ClN6Os. The van der Waals surface area contributed by atoms with Gasteiger partial charge in [0.1, 0.15) is 0 Å². The van der Waals surface area contributed by atoms with E-state index in [9.17, 15) is 0 Å². The van der Waals surface area contributed by atoms with Gasteiger partial charge < -0.3 is 4.57 Å². The van der Waals surface area contributed by atoms with E-state index >= 15 is 0 Å². The smallest absolute Gasteiger partial charge is 0.0886 e. The first-order chi connectivity index (χ1) is 15.8. The summed E-state index contributed by atoms with van der Waals surface area (Å²) in [5, 5.41) is 0. The molecule has 0 aliphatic heterocycles. The van der Waals surface area contributed by atoms with Crippen molar-refractivity contribution in [3.63, 3.8) is 0 Å². The van der Waals surface area contributed by atoms with Gasteiger partial charge >= 0.3 is 27.2 Å². The summed E-state index contributed by atoms with van der Waals surface area (Å²) < 4.78 is 1.89. The number of aryl methyl sites for hydroxylation is 1. The standard InChI is InChI=1S/2C10H8N2.C4H6N2.ClH.Os/c2*1-3-7-11-9(5-1)10-6-2-4-8-12-10;1-6-3-2-5-4-6;;/h2*1-8H;2-4H,1H3;1H;/q;;;;+1/p-1. The average Bonchev–Trinajstić information content (AvgIpc) is 3.39. The minimum absolute atomic E-state index is 0.915. The van der Waals surface area contributed by atoms with Crippen LogP contribution in [0.2, 0.25) is 0 Å². The normalized spacial score (nSPS) is 9.09. The molecule has 0 saturated heterocycles. The SMILES string of the molecule is Cn1ccnc1.[Cl][Os].c1ccc(-c2ccccn2)nc1.c1ccc(-c2ccccn2)nc1. The van der Waals surface area contributed by atoms with Crippen molar-refractivity contribution in [2.45, 2.75) is 0 Å². The molecule has 5 aromatic rings. The Kier molecular flexibility index (Phi) is 12.1. The minimum Gasteiger partial charge on any atom is -0.255 e. The summed E-state index contributed by atoms with van der Waals surface area (Å²) >= 11 is 1.33. The first-order valence-corrected chi connectivity index (χ1v) is 12.7. The van der Waals surface area contributed by atoms with Crippen LogP contribution in [-0.2, 0) is 24.6 Å². The number of aromatic nitrogens is 6. The monoisotopic (exact) mass is 621 g/mol. The fourth-order valence-corrected chi connectivity index (χ4v) is 2.38. The molecule has 5 aromatic heterocycles. The van der Waals surface area contributed by atoms with Crippen LogP contribution in [0.4, 0.5) is 0 Å². The van der Waals surface area contributed by atoms with Gasteiger partial charge in [0, 0.05) is 44.2 Å². The molecule has 0 fully saturated rings. The summed E-state index contributed by atoms with van der Waals surface area (Å²) in [5.41, 5.74) is 3.66. The van der Waals surface area contributed by atoms with E-state index in [0.29, 0.717) is 0 Å². The van der Waals surface area contributed by atoms with Crippen LogP contribution in [-0.4, -0.2) is 29.5 Å². The third-order valence-corrected chi connectivity index (χ3v) is 3.82. The Morgan fingerprint density at radius 1 is 0.562 bits per heavy atom. The number of rotatable bonds is 2. The molecule has 5 rings (SSSR count). The second kappa shape index (κ2) is 15.5. The molecule has 0 bridgehead atoms. The maximum Gasteiger partial charge on any atom is 0.0886 e. The van der Waals surface area contributed by atoms with Crippen LogP contribution < -0.4 is 0 Å². The molecule has 5 heterocycles. The first kappa shape index (κ1) is 25.0. The minimum atomic E-state index is 0.915. The summed E-state index contributed by atoms with van der Waals surface area (Å²) in [4.78, 5) is 20.5. The molecular weight excluding hydrogens is 598 g/mol. The van der Waals surface area contributed by atoms with E-state index < -0.39 is 0 Å². The van der Waals surface area contributed by atoms with E-state index in [4.69, 9.17) is 0 Å². The molecule has 0 spiro atoms. The van der Waals surface area contributed by atoms with Gasteiger partial charge in [0.25, 0.3) is 0 Å². The summed E-state index contributed by atoms with van der Waals surface area (Å²) in [6, 6.07) is 23.2. The van der Waals surface area contributed by atoms with Gasteiger partial charge in [-0.1, -0.05) is 24.3 Å². The van der Waals surface area contributed by atoms with Crippen molar-refractivity contribution < 1.29 is 17.6 Å². The predicted octanol–water partition coefficient (Wildman–Crippen LogP) is 5.39. The van der Waals surface area contributed by atoms with Crippen LogP contribution >= 0.6 is 9.64 Å². The molecule has 6 nitrogen and oxygen atoms in total. The molecule has 0 unspecified atom stereocenters. The number of imidazole rings is 1. The van der Waals surface area contributed by atoms with Crippen LogP contribution in [0.25, 0.3) is 22.8 Å². The van der Waals surface area contributed by atoms with Crippen molar-refractivity contribution in [1.29, 1.82) is 0 Å². The van der Waals surface area contributed by atoms with E-state index in [-0.39, 0.29) is 0 Å². The maximum atomic E-state index is 4.67. The van der Waals surface area contributed by atoms with Crippen LogP contribution in [0.5, 0.6) is 0 Å². The molecule has 0 amide bonds. The molecule has 0 aliphatic carbocycles. The second-order valence-electron chi connectivity index (χ2n) is 6.09. The molecule has 8 heteroatoms. The number of nitrogens with zero attached hydrogens (tertiary/aromatic N) is 6. The average molecular weight is 620 g/mol. The summed E-state index contributed by atoms with van der Waals surface area (Å²) in [5.74, 6) is 0. The van der Waals surface area contributed by atoms with Gasteiger partial charge in [-0.3, -0.25) is 19.9 Å². The zero-order valence-corrected chi connectivity index (χ0v) is 20.7. The maximum absolute atomic E-state index is 4.67. The summed E-state index contributed by atoms with van der Waals surface area (Å²) in [6.45, 7) is 0. The van der Waals surface area contributed by atoms with E-state index in [0.717, 1.165) is 22.8 Å². The predicted molar refractivity (Wildman–Crippen MR) is 124 cm³/mol. The Bertz CT molecular complexity index is 931. The molecule has 0 N–H and O–H groups in total. The quantitative estimate of drug-likeness (QED) is 0.265. The Labute approximate surface area is 202 Å². The van der Waals surface area contributed by atoms with Gasteiger partial charge in [0.05, 0.1) is 29.1 Å². The van der Waals surface area contributed by atoms with E-state index in [2.05, 4.69) is 34.6 Å². The van der Waals surface area contributed by atoms with Gasteiger partial charge in [-0.2, -0.15) is 0 Å². The molecule has 0 atom stereocenters. The largest absolute Gasteiger partial charge is 0.255 e. The van der Waals surface area contributed by atoms with E-state index in [1.807, 2.05) is 90.6 Å². The Morgan fingerprint density at radius 2 is 0.906 bits per heavy atom. The first-order valence-electron chi connectivity index (χ1n) is 9.53. The van der Waals surface area contributed by atoms with Crippen LogP contribution in [0.3, 0.4) is 0 Å². The van der Waals surface area contributed by atoms with Crippen molar-refractivity contribution in [1.82, 2.24) is 29.5 Å². The van der Waals surface area contributed by atoms with Gasteiger partial charge in [-0.05, 0) is 48.5 Å². The second-order valence-corrected chi connectivity index (χ2v) is 6.09. The molecule has 0 saturated carbocycles. The van der Waals surface area contributed by atoms with Crippen LogP contribution in [0.15, 0.2) is 116 Å². The number of hydrogen-bond acceptors (Lipinski definition) is 5. The number of hydrogen-bond donors (Lipinski definition) is 0. The molecule has 0 aromatic carbocycles. The Morgan fingerprint density at radius 3 is 1.06 bits per heavy atom. The van der Waals surface area contributed by atoms with E-state index in [1.54, 1.807) is 37.3 Å². The van der Waals surface area contributed by atoms with Crippen molar-refractivity contribution >= 4 is 9.64 Å². The Balaban J connectivity index is 0.000000172. The third kappa shape index (κ3) is 9.26. The topological polar surface area (TPSA) is 69.4 Å². The number of pyridine rings is 4. The van der Waals surface area contributed by atoms with Gasteiger partial charge in [0.2, 0.25) is 0 Å². The fourth-order valence-electron chi connectivity index (χ4n) is 2.38. The van der Waals surface area contributed by atoms with Crippen molar-refractivity contribution in [3.8, 4) is 22.8 Å². The summed E-state index contributed by atoms with van der Waals surface area (Å²) in [7, 11) is 6.60. The van der Waals surface area contributed by atoms with E-state index in [1.165, 1.54) is 17.6 Å². The van der Waals surface area contributed by atoms with Crippen molar-refractivity contribution in [3.05, 3.63) is 116 Å². The van der Waals surface area contributed by atoms with Gasteiger partial charge in [-0.25, -0.2) is 4.98 Å². The van der Waals surface area contributed by atoms with Crippen molar-refractivity contribution in [2.24, 2.45) is 7.05 Å². The van der Waals surface area contributed by atoms with Crippen LogP contribution in [0.1, 0.15) is 0 Å². The van der Waals surface area contributed by atoms with Gasteiger partial charge in [-0.15, -0.1) is 0 Å². The molecule has 32 heavy (non-hydrogen) atoms. The van der Waals surface area contributed by atoms with Crippen molar-refractivity contribution in [2.75, 3.05) is 0 Å². The zero-order valence-electron chi connectivity index (χ0n) is 17.4. The zero-order chi connectivity index (χ0) is 22.9. The Hall–Kier alpha value is -3.26. The third-order valence-electron chi connectivity index (χ3n) is 3.82. The van der Waals surface area contributed by atoms with Crippen LogP contribution in [0, 0.1) is 0 Å². The summed E-state index contributed by atoms with van der Waals surface area (Å²) in [6.07, 6.45) is 12.5. The molecule has 0 radical (unpaired) electrons. The molecule has 0 aliphatic rings.